The lowest BCUT2D eigenvalue weighted by Gasteiger charge is -2.08. The van der Waals surface area contributed by atoms with E-state index in [1.54, 1.807) is 12.1 Å². The number of hydrogen-bond acceptors (Lipinski definition) is 2. The molecule has 21 heavy (non-hydrogen) atoms. The van der Waals surface area contributed by atoms with Gasteiger partial charge >= 0.3 is 0 Å². The van der Waals surface area contributed by atoms with Gasteiger partial charge in [0.25, 0.3) is 0 Å². The summed E-state index contributed by atoms with van der Waals surface area (Å²) in [5, 5.41) is 9.72. The number of halogens is 1. The van der Waals surface area contributed by atoms with E-state index in [1.807, 2.05) is 32.9 Å². The fourth-order valence-corrected chi connectivity index (χ4v) is 2.20. The Morgan fingerprint density at radius 3 is 2.24 bits per heavy atom. The van der Waals surface area contributed by atoms with Gasteiger partial charge in [0, 0.05) is 5.56 Å². The number of ether oxygens (including phenoxy) is 1. The molecule has 0 saturated heterocycles. The quantitative estimate of drug-likeness (QED) is 0.822. The molecular weight excluding hydrogens is 267 g/mol. The fraction of sp³-hybridized carbons (Fsp3) is 0.222. The van der Waals surface area contributed by atoms with Crippen LogP contribution in [0.4, 0.5) is 4.39 Å². The molecule has 0 saturated carbocycles. The standard InChI is InChI=1S/C18H19FO2/c1-11-7-15(8-12(2)13(11)3)16(19)9-14-5-6-18(21-4)17(20)10-14/h5-10,20H,1-4H3. The molecule has 0 aliphatic heterocycles. The first-order valence-electron chi connectivity index (χ1n) is 6.75. The summed E-state index contributed by atoms with van der Waals surface area (Å²) in [6.45, 7) is 5.97. The Labute approximate surface area is 124 Å². The highest BCUT2D eigenvalue weighted by molar-refractivity contribution is 5.78. The zero-order chi connectivity index (χ0) is 15.6. The van der Waals surface area contributed by atoms with Crippen LogP contribution >= 0.6 is 0 Å². The van der Waals surface area contributed by atoms with Crippen molar-refractivity contribution in [2.75, 3.05) is 7.11 Å². The first-order chi connectivity index (χ1) is 9.92. The van der Waals surface area contributed by atoms with Crippen LogP contribution in [0, 0.1) is 20.8 Å². The van der Waals surface area contributed by atoms with Crippen LogP contribution in [-0.4, -0.2) is 12.2 Å². The smallest absolute Gasteiger partial charge is 0.160 e. The molecule has 3 heteroatoms. The number of benzene rings is 2. The molecule has 0 fully saturated rings. The molecule has 0 unspecified atom stereocenters. The van der Waals surface area contributed by atoms with Gasteiger partial charge in [-0.05, 0) is 73.4 Å². The average Bonchev–Trinajstić information content (AvgIpc) is 2.44. The van der Waals surface area contributed by atoms with Gasteiger partial charge in [-0.2, -0.15) is 0 Å². The van der Waals surface area contributed by atoms with Crippen LogP contribution in [-0.2, 0) is 0 Å². The second-order valence-electron chi connectivity index (χ2n) is 5.16. The summed E-state index contributed by atoms with van der Waals surface area (Å²) in [6, 6.07) is 8.45. The van der Waals surface area contributed by atoms with E-state index < -0.39 is 0 Å². The van der Waals surface area contributed by atoms with Gasteiger partial charge < -0.3 is 9.84 Å². The monoisotopic (exact) mass is 286 g/mol. The zero-order valence-electron chi connectivity index (χ0n) is 12.7. The fourth-order valence-electron chi connectivity index (χ4n) is 2.20. The zero-order valence-corrected chi connectivity index (χ0v) is 12.7. The third kappa shape index (κ3) is 3.24. The van der Waals surface area contributed by atoms with Crippen molar-refractivity contribution in [2.24, 2.45) is 0 Å². The Morgan fingerprint density at radius 1 is 1.10 bits per heavy atom. The highest BCUT2D eigenvalue weighted by Gasteiger charge is 2.07. The number of aromatic hydroxyl groups is 1. The Hall–Kier alpha value is -2.29. The molecule has 0 bridgehead atoms. The van der Waals surface area contributed by atoms with E-state index in [0.29, 0.717) is 16.9 Å². The van der Waals surface area contributed by atoms with E-state index >= 15 is 0 Å². The number of phenolic OH excluding ortho intramolecular Hbond substituents is 1. The summed E-state index contributed by atoms with van der Waals surface area (Å²) in [4.78, 5) is 0. The number of rotatable bonds is 3. The summed E-state index contributed by atoms with van der Waals surface area (Å²) in [7, 11) is 1.48. The van der Waals surface area contributed by atoms with Crippen molar-refractivity contribution in [3.8, 4) is 11.5 Å². The third-order valence-electron chi connectivity index (χ3n) is 3.70. The molecule has 2 aromatic carbocycles. The van der Waals surface area contributed by atoms with Crippen molar-refractivity contribution in [3.63, 3.8) is 0 Å². The van der Waals surface area contributed by atoms with Gasteiger partial charge in [0.2, 0.25) is 0 Å². The van der Waals surface area contributed by atoms with E-state index in [-0.39, 0.29) is 11.6 Å². The normalized spacial score (nSPS) is 11.6. The molecule has 0 heterocycles. The average molecular weight is 286 g/mol. The summed E-state index contributed by atoms with van der Waals surface area (Å²) in [6.07, 6.45) is 1.41. The molecule has 1 N–H and O–H groups in total. The van der Waals surface area contributed by atoms with Gasteiger partial charge in [-0.1, -0.05) is 6.07 Å². The van der Waals surface area contributed by atoms with Gasteiger partial charge in [-0.25, -0.2) is 4.39 Å². The van der Waals surface area contributed by atoms with Crippen LogP contribution < -0.4 is 4.74 Å². The molecule has 0 spiro atoms. The molecule has 0 aromatic heterocycles. The van der Waals surface area contributed by atoms with E-state index in [2.05, 4.69) is 0 Å². The second kappa shape index (κ2) is 6.00. The van der Waals surface area contributed by atoms with Crippen LogP contribution in [0.1, 0.15) is 27.8 Å². The summed E-state index contributed by atoms with van der Waals surface area (Å²) < 4.78 is 19.3. The maximum atomic E-state index is 14.4. The molecular formula is C18H19FO2. The van der Waals surface area contributed by atoms with E-state index in [0.717, 1.165) is 11.1 Å². The first-order valence-corrected chi connectivity index (χ1v) is 6.75. The minimum Gasteiger partial charge on any atom is -0.504 e. The maximum absolute atomic E-state index is 14.4. The van der Waals surface area contributed by atoms with Crippen LogP contribution in [0.2, 0.25) is 0 Å². The lowest BCUT2D eigenvalue weighted by atomic mass is 9.99. The molecule has 0 amide bonds. The van der Waals surface area contributed by atoms with Crippen molar-refractivity contribution in [1.82, 2.24) is 0 Å². The minimum absolute atomic E-state index is 0.00434. The SMILES string of the molecule is COc1ccc(C=C(F)c2cc(C)c(C)c(C)c2)cc1O. The van der Waals surface area contributed by atoms with Crippen molar-refractivity contribution < 1.29 is 14.2 Å². The lowest BCUT2D eigenvalue weighted by molar-refractivity contribution is 0.373. The van der Waals surface area contributed by atoms with Crippen molar-refractivity contribution in [2.45, 2.75) is 20.8 Å². The largest absolute Gasteiger partial charge is 0.504 e. The second-order valence-corrected chi connectivity index (χ2v) is 5.16. The van der Waals surface area contributed by atoms with Gasteiger partial charge in [0.15, 0.2) is 11.5 Å². The Bertz CT molecular complexity index is 679. The Morgan fingerprint density at radius 2 is 1.71 bits per heavy atom. The molecule has 0 aliphatic rings. The predicted molar refractivity (Wildman–Crippen MR) is 84.3 cm³/mol. The van der Waals surface area contributed by atoms with Gasteiger partial charge in [0.1, 0.15) is 5.83 Å². The van der Waals surface area contributed by atoms with Gasteiger partial charge in [-0.15, -0.1) is 0 Å². The summed E-state index contributed by atoms with van der Waals surface area (Å²) in [5.41, 5.74) is 4.43. The molecule has 0 atom stereocenters. The molecule has 0 aliphatic carbocycles. The van der Waals surface area contributed by atoms with Crippen LogP contribution in [0.25, 0.3) is 11.9 Å². The highest BCUT2D eigenvalue weighted by atomic mass is 19.1. The number of methoxy groups -OCH3 is 1. The number of hydrogen-bond donors (Lipinski definition) is 1. The van der Waals surface area contributed by atoms with Crippen LogP contribution in [0.15, 0.2) is 30.3 Å². The van der Waals surface area contributed by atoms with Crippen LogP contribution in [0.3, 0.4) is 0 Å². The minimum atomic E-state index is -0.328. The first kappa shape index (κ1) is 15.1. The molecule has 2 nitrogen and oxygen atoms in total. The van der Waals surface area contributed by atoms with Crippen molar-refractivity contribution in [3.05, 3.63) is 58.1 Å². The molecule has 110 valence electrons. The van der Waals surface area contributed by atoms with E-state index in [4.69, 9.17) is 4.74 Å². The topological polar surface area (TPSA) is 29.5 Å². The highest BCUT2D eigenvalue weighted by Crippen LogP contribution is 2.29. The van der Waals surface area contributed by atoms with Gasteiger partial charge in [0.05, 0.1) is 7.11 Å². The summed E-state index contributed by atoms with van der Waals surface area (Å²) in [5.74, 6) is 0.0377. The van der Waals surface area contributed by atoms with Gasteiger partial charge in [-0.3, -0.25) is 0 Å². The number of phenols is 1. The Balaban J connectivity index is 2.39. The molecule has 2 aromatic rings. The lowest BCUT2D eigenvalue weighted by Crippen LogP contribution is -1.90. The van der Waals surface area contributed by atoms with E-state index in [1.165, 1.54) is 24.8 Å². The summed E-state index contributed by atoms with van der Waals surface area (Å²) >= 11 is 0. The van der Waals surface area contributed by atoms with Crippen molar-refractivity contribution >= 4 is 11.9 Å². The number of aryl methyl sites for hydroxylation is 2. The molecule has 0 radical (unpaired) electrons. The Kier molecular flexibility index (Phi) is 4.32. The maximum Gasteiger partial charge on any atom is 0.160 e. The third-order valence-corrected chi connectivity index (χ3v) is 3.70. The van der Waals surface area contributed by atoms with Crippen molar-refractivity contribution in [1.29, 1.82) is 0 Å². The molecule has 2 rings (SSSR count). The van der Waals surface area contributed by atoms with Crippen LogP contribution in [0.5, 0.6) is 11.5 Å². The predicted octanol–water partition coefficient (Wildman–Crippen LogP) is 4.79. The van der Waals surface area contributed by atoms with E-state index in [9.17, 15) is 9.50 Å².